The van der Waals surface area contributed by atoms with E-state index in [1.165, 1.54) is 0 Å². The highest BCUT2D eigenvalue weighted by molar-refractivity contribution is 5.93. The number of aliphatic hydroxyl groups is 1. The van der Waals surface area contributed by atoms with Gasteiger partial charge in [0.15, 0.2) is 5.69 Å². The first-order valence-electron chi connectivity index (χ1n) is 4.65. The van der Waals surface area contributed by atoms with E-state index in [0.717, 1.165) is 4.90 Å². The Balaban J connectivity index is 2.28. The maximum atomic E-state index is 12.3. The molecule has 17 heavy (non-hydrogen) atoms. The zero-order chi connectivity index (χ0) is 12.6. The summed E-state index contributed by atoms with van der Waals surface area (Å²) in [6.07, 6.45) is -4.63. The lowest BCUT2D eigenvalue weighted by atomic mass is 10.3. The highest BCUT2D eigenvalue weighted by atomic mass is 19.4. The molecule has 1 aromatic rings. The highest BCUT2D eigenvalue weighted by Gasteiger charge is 2.39. The second-order valence-corrected chi connectivity index (χ2v) is 3.44. The zero-order valence-corrected chi connectivity index (χ0v) is 8.36. The monoisotopic (exact) mass is 251 g/mol. The number of hydrogen-bond donors (Lipinski definition) is 2. The SMILES string of the molecule is O=C1NCC(CO)N1c1cc(C(F)(F)F)no1. The topological polar surface area (TPSA) is 78.6 Å². The van der Waals surface area contributed by atoms with Crippen molar-refractivity contribution in [1.29, 1.82) is 0 Å². The number of carbonyl (C=O) groups is 1. The van der Waals surface area contributed by atoms with Gasteiger partial charge in [-0.2, -0.15) is 13.2 Å². The molecule has 0 aromatic carbocycles. The molecule has 1 saturated heterocycles. The molecular weight excluding hydrogens is 243 g/mol. The van der Waals surface area contributed by atoms with E-state index in [0.29, 0.717) is 6.07 Å². The predicted molar refractivity (Wildman–Crippen MR) is 48.3 cm³/mol. The summed E-state index contributed by atoms with van der Waals surface area (Å²) >= 11 is 0. The van der Waals surface area contributed by atoms with Crippen molar-refractivity contribution in [3.05, 3.63) is 11.8 Å². The van der Waals surface area contributed by atoms with Crippen LogP contribution in [0.25, 0.3) is 0 Å². The van der Waals surface area contributed by atoms with Crippen LogP contribution in [0.1, 0.15) is 5.69 Å². The van der Waals surface area contributed by atoms with Crippen molar-refractivity contribution in [3.63, 3.8) is 0 Å². The first-order valence-corrected chi connectivity index (χ1v) is 4.65. The Morgan fingerprint density at radius 2 is 2.35 bits per heavy atom. The molecule has 1 atom stereocenters. The van der Waals surface area contributed by atoms with E-state index < -0.39 is 23.9 Å². The molecule has 1 aliphatic heterocycles. The van der Waals surface area contributed by atoms with Gasteiger partial charge < -0.3 is 14.9 Å². The van der Waals surface area contributed by atoms with Crippen molar-refractivity contribution < 1.29 is 27.6 Å². The number of amides is 2. The lowest BCUT2D eigenvalue weighted by Crippen LogP contribution is -2.36. The zero-order valence-electron chi connectivity index (χ0n) is 8.36. The van der Waals surface area contributed by atoms with E-state index in [1.807, 2.05) is 0 Å². The van der Waals surface area contributed by atoms with Gasteiger partial charge in [0, 0.05) is 12.6 Å². The Morgan fingerprint density at radius 3 is 2.88 bits per heavy atom. The number of urea groups is 1. The van der Waals surface area contributed by atoms with E-state index in [4.69, 9.17) is 5.11 Å². The summed E-state index contributed by atoms with van der Waals surface area (Å²) < 4.78 is 41.3. The molecule has 0 aliphatic carbocycles. The molecule has 1 fully saturated rings. The number of aromatic nitrogens is 1. The van der Waals surface area contributed by atoms with Crippen LogP contribution >= 0.6 is 0 Å². The van der Waals surface area contributed by atoms with Gasteiger partial charge in [0.1, 0.15) is 0 Å². The van der Waals surface area contributed by atoms with Crippen molar-refractivity contribution in [2.75, 3.05) is 18.1 Å². The quantitative estimate of drug-likeness (QED) is 0.806. The fourth-order valence-corrected chi connectivity index (χ4v) is 1.49. The lowest BCUT2D eigenvalue weighted by molar-refractivity contribution is -0.142. The molecule has 0 bridgehead atoms. The highest BCUT2D eigenvalue weighted by Crippen LogP contribution is 2.32. The van der Waals surface area contributed by atoms with Gasteiger partial charge in [-0.15, -0.1) is 0 Å². The van der Waals surface area contributed by atoms with E-state index in [9.17, 15) is 18.0 Å². The smallest absolute Gasteiger partial charge is 0.394 e. The molecule has 2 rings (SSSR count). The third kappa shape index (κ3) is 2.05. The summed E-state index contributed by atoms with van der Waals surface area (Å²) in [6, 6.07) is -0.668. The molecule has 0 spiro atoms. The van der Waals surface area contributed by atoms with Gasteiger partial charge in [0.05, 0.1) is 12.6 Å². The van der Waals surface area contributed by atoms with Crippen molar-refractivity contribution in [1.82, 2.24) is 10.5 Å². The van der Waals surface area contributed by atoms with Gasteiger partial charge in [0.25, 0.3) is 0 Å². The molecule has 2 amide bonds. The second kappa shape index (κ2) is 3.91. The van der Waals surface area contributed by atoms with Gasteiger partial charge in [0.2, 0.25) is 5.88 Å². The van der Waals surface area contributed by atoms with Crippen LogP contribution in [0.4, 0.5) is 23.8 Å². The number of aliphatic hydroxyl groups excluding tert-OH is 1. The van der Waals surface area contributed by atoms with Gasteiger partial charge in [-0.05, 0) is 0 Å². The summed E-state index contributed by atoms with van der Waals surface area (Å²) in [5.41, 5.74) is -1.22. The number of anilines is 1. The molecule has 94 valence electrons. The summed E-state index contributed by atoms with van der Waals surface area (Å²) in [6.45, 7) is -0.252. The Labute approximate surface area is 93.0 Å². The third-order valence-electron chi connectivity index (χ3n) is 2.31. The van der Waals surface area contributed by atoms with Gasteiger partial charge >= 0.3 is 12.2 Å². The van der Waals surface area contributed by atoms with Crippen LogP contribution in [0.15, 0.2) is 10.6 Å². The van der Waals surface area contributed by atoms with Crippen molar-refractivity contribution in [3.8, 4) is 0 Å². The maximum Gasteiger partial charge on any atom is 0.436 e. The van der Waals surface area contributed by atoms with Crippen LogP contribution in [0.5, 0.6) is 0 Å². The largest absolute Gasteiger partial charge is 0.436 e. The number of nitrogens with one attached hydrogen (secondary N) is 1. The van der Waals surface area contributed by atoms with Crippen LogP contribution in [0.3, 0.4) is 0 Å². The fraction of sp³-hybridized carbons (Fsp3) is 0.500. The number of carbonyl (C=O) groups excluding carboxylic acids is 1. The number of hydrogen-bond acceptors (Lipinski definition) is 4. The molecule has 6 nitrogen and oxygen atoms in total. The minimum atomic E-state index is -4.63. The van der Waals surface area contributed by atoms with E-state index in [1.54, 1.807) is 0 Å². The molecule has 1 unspecified atom stereocenters. The minimum absolute atomic E-state index is 0.136. The van der Waals surface area contributed by atoms with Crippen molar-refractivity contribution in [2.45, 2.75) is 12.2 Å². The normalized spacial score (nSPS) is 20.8. The molecule has 1 aliphatic rings. The van der Waals surface area contributed by atoms with E-state index >= 15 is 0 Å². The number of alkyl halides is 3. The summed E-state index contributed by atoms with van der Waals surface area (Å²) in [4.78, 5) is 12.2. The second-order valence-electron chi connectivity index (χ2n) is 3.44. The molecule has 0 radical (unpaired) electrons. The third-order valence-corrected chi connectivity index (χ3v) is 2.31. The van der Waals surface area contributed by atoms with Crippen LogP contribution in [-0.2, 0) is 6.18 Å². The van der Waals surface area contributed by atoms with Gasteiger partial charge in [-0.1, -0.05) is 5.16 Å². The van der Waals surface area contributed by atoms with E-state index in [-0.39, 0.29) is 19.0 Å². The van der Waals surface area contributed by atoms with E-state index in [2.05, 4.69) is 15.0 Å². The van der Waals surface area contributed by atoms with Gasteiger partial charge in [-0.25, -0.2) is 4.79 Å². The van der Waals surface area contributed by atoms with Crippen molar-refractivity contribution in [2.24, 2.45) is 0 Å². The Kier molecular flexibility index (Phi) is 2.69. The molecule has 2 N–H and O–H groups in total. The molecule has 0 saturated carbocycles. The standard InChI is InChI=1S/C8H8F3N3O3/c9-8(10,11)5-1-6(17-13-5)14-4(3-15)2-12-7(14)16/h1,4,15H,2-3H2,(H,12,16). The molecule has 1 aromatic heterocycles. The van der Waals surface area contributed by atoms with Gasteiger partial charge in [-0.3, -0.25) is 4.90 Å². The lowest BCUT2D eigenvalue weighted by Gasteiger charge is -2.16. The number of rotatable bonds is 2. The summed E-state index contributed by atoms with van der Waals surface area (Å²) in [7, 11) is 0. The summed E-state index contributed by atoms with van der Waals surface area (Å²) in [5, 5.41) is 14.2. The first kappa shape index (κ1) is 11.7. The molecule has 9 heteroatoms. The maximum absolute atomic E-state index is 12.3. The van der Waals surface area contributed by atoms with Crippen LogP contribution in [0.2, 0.25) is 0 Å². The van der Waals surface area contributed by atoms with Crippen LogP contribution in [0, 0.1) is 0 Å². The Bertz CT molecular complexity index is 431. The minimum Gasteiger partial charge on any atom is -0.394 e. The Hall–Kier alpha value is -1.77. The van der Waals surface area contributed by atoms with Crippen LogP contribution < -0.4 is 10.2 Å². The van der Waals surface area contributed by atoms with Crippen LogP contribution in [-0.4, -0.2) is 35.5 Å². The number of halogens is 3. The Morgan fingerprint density at radius 1 is 1.65 bits per heavy atom. The predicted octanol–water partition coefficient (Wildman–Crippen LogP) is 0.584. The average Bonchev–Trinajstić information content (AvgIpc) is 2.82. The summed E-state index contributed by atoms with van der Waals surface area (Å²) in [5.74, 6) is -0.341. The number of nitrogens with zero attached hydrogens (tertiary/aromatic N) is 2. The van der Waals surface area contributed by atoms with Crippen molar-refractivity contribution >= 4 is 11.9 Å². The first-order chi connectivity index (χ1) is 7.93. The fourth-order valence-electron chi connectivity index (χ4n) is 1.49. The molecule has 2 heterocycles. The molecular formula is C8H8F3N3O3. The average molecular weight is 251 g/mol.